The highest BCUT2D eigenvalue weighted by Gasteiger charge is 2.13. The second-order valence-electron chi connectivity index (χ2n) is 2.72. The molecule has 0 aliphatic heterocycles. The monoisotopic (exact) mass is 207 g/mol. The molecule has 0 spiro atoms. The zero-order valence-electron chi connectivity index (χ0n) is 7.64. The van der Waals surface area contributed by atoms with E-state index < -0.39 is 0 Å². The second-order valence-corrected chi connectivity index (χ2v) is 3.63. The highest BCUT2D eigenvalue weighted by Crippen LogP contribution is 2.21. The van der Waals surface area contributed by atoms with Crippen LogP contribution in [0, 0.1) is 0 Å². The highest BCUT2D eigenvalue weighted by molar-refractivity contribution is 7.12. The molecule has 0 saturated carbocycles. The average molecular weight is 207 g/mol. The van der Waals surface area contributed by atoms with Gasteiger partial charge in [-0.15, -0.1) is 11.3 Å². The Bertz CT molecular complexity index is 431. The predicted molar refractivity (Wildman–Crippen MR) is 55.0 cm³/mol. The standard InChI is InChI=1S/C10H9NO2S/c1-13-10(12)9-8(4-7-14-9)11-5-2-3-6-11/h2-7H,1H3. The van der Waals surface area contributed by atoms with Gasteiger partial charge >= 0.3 is 5.97 Å². The number of carbonyl (C=O) groups excluding carboxylic acids is 1. The van der Waals surface area contributed by atoms with Crippen molar-refractivity contribution in [3.63, 3.8) is 0 Å². The van der Waals surface area contributed by atoms with E-state index in [0.717, 1.165) is 5.69 Å². The quantitative estimate of drug-likeness (QED) is 0.708. The molecule has 14 heavy (non-hydrogen) atoms. The molecule has 72 valence electrons. The lowest BCUT2D eigenvalue weighted by atomic mass is 10.4. The summed E-state index contributed by atoms with van der Waals surface area (Å²) >= 11 is 1.39. The fourth-order valence-electron chi connectivity index (χ4n) is 1.25. The smallest absolute Gasteiger partial charge is 0.350 e. The first kappa shape index (κ1) is 9.02. The van der Waals surface area contributed by atoms with E-state index in [0.29, 0.717) is 4.88 Å². The largest absolute Gasteiger partial charge is 0.465 e. The molecule has 2 aromatic heterocycles. The first-order chi connectivity index (χ1) is 6.83. The lowest BCUT2D eigenvalue weighted by molar-refractivity contribution is 0.0606. The van der Waals surface area contributed by atoms with Gasteiger partial charge in [-0.05, 0) is 23.6 Å². The summed E-state index contributed by atoms with van der Waals surface area (Å²) in [5.41, 5.74) is 0.867. The number of thiophene rings is 1. The van der Waals surface area contributed by atoms with Crippen LogP contribution in [0.2, 0.25) is 0 Å². The van der Waals surface area contributed by atoms with Crippen molar-refractivity contribution in [3.05, 3.63) is 40.8 Å². The van der Waals surface area contributed by atoms with Crippen LogP contribution in [0.4, 0.5) is 0 Å². The van der Waals surface area contributed by atoms with Crippen LogP contribution in [-0.2, 0) is 4.74 Å². The van der Waals surface area contributed by atoms with Crippen LogP contribution in [-0.4, -0.2) is 17.6 Å². The minimum atomic E-state index is -0.288. The van der Waals surface area contributed by atoms with E-state index in [1.165, 1.54) is 18.4 Å². The van der Waals surface area contributed by atoms with Crippen molar-refractivity contribution in [2.24, 2.45) is 0 Å². The third-order valence-corrected chi connectivity index (χ3v) is 2.78. The molecule has 0 saturated heterocycles. The van der Waals surface area contributed by atoms with E-state index in [1.54, 1.807) is 0 Å². The lowest BCUT2D eigenvalue weighted by Gasteiger charge is -2.02. The Morgan fingerprint density at radius 3 is 2.79 bits per heavy atom. The summed E-state index contributed by atoms with van der Waals surface area (Å²) in [5, 5.41) is 1.88. The van der Waals surface area contributed by atoms with E-state index in [1.807, 2.05) is 40.5 Å². The Labute approximate surface area is 85.6 Å². The normalized spacial score (nSPS) is 10.1. The molecule has 0 amide bonds. The van der Waals surface area contributed by atoms with Gasteiger partial charge in [0, 0.05) is 12.4 Å². The number of esters is 1. The van der Waals surface area contributed by atoms with Gasteiger partial charge in [0.1, 0.15) is 4.88 Å². The Morgan fingerprint density at radius 2 is 2.14 bits per heavy atom. The molecule has 0 aliphatic rings. The number of nitrogens with zero attached hydrogens (tertiary/aromatic N) is 1. The van der Waals surface area contributed by atoms with Crippen molar-refractivity contribution in [2.45, 2.75) is 0 Å². The molecule has 2 rings (SSSR count). The molecule has 0 aliphatic carbocycles. The summed E-state index contributed by atoms with van der Waals surface area (Å²) < 4.78 is 6.58. The minimum absolute atomic E-state index is 0.288. The summed E-state index contributed by atoms with van der Waals surface area (Å²) in [6, 6.07) is 5.73. The molecule has 2 heterocycles. The summed E-state index contributed by atoms with van der Waals surface area (Å²) in [6.45, 7) is 0. The predicted octanol–water partition coefficient (Wildman–Crippen LogP) is 2.33. The van der Waals surface area contributed by atoms with Gasteiger partial charge in [0.2, 0.25) is 0 Å². The van der Waals surface area contributed by atoms with E-state index in [9.17, 15) is 4.79 Å². The van der Waals surface area contributed by atoms with E-state index >= 15 is 0 Å². The number of ether oxygens (including phenoxy) is 1. The van der Waals surface area contributed by atoms with Crippen LogP contribution >= 0.6 is 11.3 Å². The van der Waals surface area contributed by atoms with Crippen molar-refractivity contribution in [2.75, 3.05) is 7.11 Å². The van der Waals surface area contributed by atoms with Gasteiger partial charge < -0.3 is 9.30 Å². The molecular weight excluding hydrogens is 198 g/mol. The van der Waals surface area contributed by atoms with Gasteiger partial charge in [0.05, 0.1) is 12.8 Å². The molecule has 0 N–H and O–H groups in total. The number of methoxy groups -OCH3 is 1. The van der Waals surface area contributed by atoms with Gasteiger partial charge in [0.15, 0.2) is 0 Å². The van der Waals surface area contributed by atoms with E-state index in [4.69, 9.17) is 4.74 Å². The van der Waals surface area contributed by atoms with Crippen molar-refractivity contribution < 1.29 is 9.53 Å². The number of hydrogen-bond donors (Lipinski definition) is 0. The van der Waals surface area contributed by atoms with E-state index in [-0.39, 0.29) is 5.97 Å². The number of carbonyl (C=O) groups is 1. The maximum Gasteiger partial charge on any atom is 0.350 e. The van der Waals surface area contributed by atoms with Crippen LogP contribution in [0.25, 0.3) is 5.69 Å². The van der Waals surface area contributed by atoms with Crippen molar-refractivity contribution in [1.82, 2.24) is 4.57 Å². The molecule has 0 bridgehead atoms. The summed E-state index contributed by atoms with van der Waals surface area (Å²) in [5.74, 6) is -0.288. The molecule has 2 aromatic rings. The maximum atomic E-state index is 11.4. The first-order valence-corrected chi connectivity index (χ1v) is 5.00. The highest BCUT2D eigenvalue weighted by atomic mass is 32.1. The van der Waals surface area contributed by atoms with Gasteiger partial charge in [0.25, 0.3) is 0 Å². The minimum Gasteiger partial charge on any atom is -0.465 e. The van der Waals surface area contributed by atoms with Crippen molar-refractivity contribution in [3.8, 4) is 5.69 Å². The molecular formula is C10H9NO2S. The fourth-order valence-corrected chi connectivity index (χ4v) is 2.05. The summed E-state index contributed by atoms with van der Waals surface area (Å²) in [6.07, 6.45) is 3.79. The van der Waals surface area contributed by atoms with Crippen LogP contribution in [0.5, 0.6) is 0 Å². The second kappa shape index (κ2) is 3.67. The van der Waals surface area contributed by atoms with Crippen molar-refractivity contribution >= 4 is 17.3 Å². The van der Waals surface area contributed by atoms with Gasteiger partial charge in [-0.2, -0.15) is 0 Å². The first-order valence-electron chi connectivity index (χ1n) is 4.12. The number of rotatable bonds is 2. The van der Waals surface area contributed by atoms with Crippen LogP contribution in [0.3, 0.4) is 0 Å². The SMILES string of the molecule is COC(=O)c1sccc1-n1cccc1. The third kappa shape index (κ3) is 1.44. The Hall–Kier alpha value is -1.55. The topological polar surface area (TPSA) is 31.2 Å². The molecule has 0 radical (unpaired) electrons. The van der Waals surface area contributed by atoms with Gasteiger partial charge in [-0.1, -0.05) is 0 Å². The van der Waals surface area contributed by atoms with Crippen LogP contribution in [0.15, 0.2) is 36.0 Å². The summed E-state index contributed by atoms with van der Waals surface area (Å²) in [7, 11) is 1.39. The molecule has 0 unspecified atom stereocenters. The van der Waals surface area contributed by atoms with Gasteiger partial charge in [-0.25, -0.2) is 4.79 Å². The number of aromatic nitrogens is 1. The average Bonchev–Trinajstić information content (AvgIpc) is 2.85. The fraction of sp³-hybridized carbons (Fsp3) is 0.100. The van der Waals surface area contributed by atoms with Crippen LogP contribution < -0.4 is 0 Å². The molecule has 0 atom stereocenters. The Balaban J connectivity index is 2.45. The zero-order valence-corrected chi connectivity index (χ0v) is 8.45. The Kier molecular flexibility index (Phi) is 2.37. The lowest BCUT2D eigenvalue weighted by Crippen LogP contribution is -2.02. The third-order valence-electron chi connectivity index (χ3n) is 1.90. The van der Waals surface area contributed by atoms with Crippen molar-refractivity contribution in [1.29, 1.82) is 0 Å². The summed E-state index contributed by atoms with van der Waals surface area (Å²) in [4.78, 5) is 12.0. The molecule has 3 nitrogen and oxygen atoms in total. The Morgan fingerprint density at radius 1 is 1.43 bits per heavy atom. The van der Waals surface area contributed by atoms with E-state index in [2.05, 4.69) is 0 Å². The maximum absolute atomic E-state index is 11.4. The number of hydrogen-bond acceptors (Lipinski definition) is 3. The van der Waals surface area contributed by atoms with Crippen LogP contribution in [0.1, 0.15) is 9.67 Å². The zero-order chi connectivity index (χ0) is 9.97. The molecule has 0 fully saturated rings. The van der Waals surface area contributed by atoms with Gasteiger partial charge in [-0.3, -0.25) is 0 Å². The molecule has 4 heteroatoms. The molecule has 0 aromatic carbocycles.